The molecule has 0 aromatic heterocycles. The van der Waals surface area contributed by atoms with Crippen LogP contribution in [0.4, 0.5) is 0 Å². The zero-order chi connectivity index (χ0) is 16.0. The smallest absolute Gasteiger partial charge is 0.323 e. The van der Waals surface area contributed by atoms with Crippen LogP contribution in [0.2, 0.25) is 0 Å². The lowest BCUT2D eigenvalue weighted by Gasteiger charge is -2.34. The number of ether oxygens (including phenoxy) is 2. The molecule has 0 unspecified atom stereocenters. The summed E-state index contributed by atoms with van der Waals surface area (Å²) in [6.07, 6.45) is -0.124. The van der Waals surface area contributed by atoms with Crippen LogP contribution in [0, 0.1) is 5.41 Å². The maximum absolute atomic E-state index is 12.0. The SMILES string of the molecule is COC(=O)[C@@H](N[C@H](C)[C@@H](OC)c1ccccc1)C(C)(C)C. The molecule has 21 heavy (non-hydrogen) atoms. The van der Waals surface area contributed by atoms with Crippen molar-refractivity contribution in [3.8, 4) is 0 Å². The fraction of sp³-hybridized carbons (Fsp3) is 0.588. The van der Waals surface area contributed by atoms with Crippen LogP contribution in [0.3, 0.4) is 0 Å². The van der Waals surface area contributed by atoms with Gasteiger partial charge in [0.05, 0.1) is 13.2 Å². The predicted molar refractivity (Wildman–Crippen MR) is 84.0 cm³/mol. The van der Waals surface area contributed by atoms with Crippen LogP contribution < -0.4 is 5.32 Å². The lowest BCUT2D eigenvalue weighted by atomic mass is 9.85. The Bertz CT molecular complexity index is 439. The summed E-state index contributed by atoms with van der Waals surface area (Å²) in [5.41, 5.74) is 0.841. The standard InChI is InChI=1S/C17H27NO3/c1-12(14(20-5)13-10-8-7-9-11-13)18-15(16(19)21-6)17(2,3)4/h7-12,14-15,18H,1-6H3/t12-,14-,15-/m1/s1. The van der Waals surface area contributed by atoms with Gasteiger partial charge in [0, 0.05) is 13.2 Å². The Morgan fingerprint density at radius 1 is 1.14 bits per heavy atom. The topological polar surface area (TPSA) is 47.6 Å². The molecule has 1 rings (SSSR count). The van der Waals surface area contributed by atoms with Crippen molar-refractivity contribution in [2.45, 2.75) is 45.9 Å². The molecule has 0 fully saturated rings. The highest BCUT2D eigenvalue weighted by Gasteiger charge is 2.34. The summed E-state index contributed by atoms with van der Waals surface area (Å²) in [7, 11) is 3.10. The molecule has 0 saturated heterocycles. The molecule has 0 aliphatic carbocycles. The van der Waals surface area contributed by atoms with E-state index in [9.17, 15) is 4.79 Å². The first-order valence-corrected chi connectivity index (χ1v) is 7.23. The molecule has 3 atom stereocenters. The average Bonchev–Trinajstić information content (AvgIpc) is 2.44. The van der Waals surface area contributed by atoms with E-state index in [0.717, 1.165) is 5.56 Å². The van der Waals surface area contributed by atoms with E-state index in [1.54, 1.807) is 7.11 Å². The predicted octanol–water partition coefficient (Wildman–Crippen LogP) is 2.94. The number of benzene rings is 1. The van der Waals surface area contributed by atoms with Crippen molar-refractivity contribution in [1.82, 2.24) is 5.32 Å². The molecule has 0 aliphatic rings. The highest BCUT2D eigenvalue weighted by atomic mass is 16.5. The summed E-state index contributed by atoms with van der Waals surface area (Å²) in [6, 6.07) is 9.57. The average molecular weight is 293 g/mol. The summed E-state index contributed by atoms with van der Waals surface area (Å²) in [5, 5.41) is 3.36. The van der Waals surface area contributed by atoms with Gasteiger partial charge in [-0.1, -0.05) is 51.1 Å². The van der Waals surface area contributed by atoms with E-state index in [1.807, 2.05) is 58.0 Å². The first kappa shape index (κ1) is 17.7. The summed E-state index contributed by atoms with van der Waals surface area (Å²) < 4.78 is 10.5. The second-order valence-electron chi connectivity index (χ2n) is 6.34. The Morgan fingerprint density at radius 2 is 1.71 bits per heavy atom. The molecule has 0 heterocycles. The highest BCUT2D eigenvalue weighted by Crippen LogP contribution is 2.25. The van der Waals surface area contributed by atoms with Crippen molar-refractivity contribution in [1.29, 1.82) is 0 Å². The van der Waals surface area contributed by atoms with Gasteiger partial charge in [0.25, 0.3) is 0 Å². The highest BCUT2D eigenvalue weighted by molar-refractivity contribution is 5.76. The summed E-state index contributed by atoms with van der Waals surface area (Å²) in [4.78, 5) is 12.0. The van der Waals surface area contributed by atoms with Crippen molar-refractivity contribution < 1.29 is 14.3 Å². The van der Waals surface area contributed by atoms with Crippen molar-refractivity contribution >= 4 is 5.97 Å². The van der Waals surface area contributed by atoms with Gasteiger partial charge in [-0.3, -0.25) is 10.1 Å². The number of methoxy groups -OCH3 is 2. The second kappa shape index (κ2) is 7.57. The maximum atomic E-state index is 12.0. The van der Waals surface area contributed by atoms with E-state index < -0.39 is 0 Å². The Morgan fingerprint density at radius 3 is 2.14 bits per heavy atom. The molecule has 1 N–H and O–H groups in total. The van der Waals surface area contributed by atoms with Crippen LogP contribution in [-0.2, 0) is 14.3 Å². The molecule has 0 spiro atoms. The molecule has 4 nitrogen and oxygen atoms in total. The van der Waals surface area contributed by atoms with Crippen molar-refractivity contribution in [2.24, 2.45) is 5.41 Å². The number of rotatable bonds is 6. The number of esters is 1. The van der Waals surface area contributed by atoms with Gasteiger partial charge in [-0.2, -0.15) is 0 Å². The van der Waals surface area contributed by atoms with Crippen LogP contribution in [0.15, 0.2) is 30.3 Å². The molecule has 1 aromatic rings. The number of nitrogens with one attached hydrogen (secondary N) is 1. The summed E-state index contributed by atoms with van der Waals surface area (Å²) in [6.45, 7) is 8.05. The lowest BCUT2D eigenvalue weighted by Crippen LogP contribution is -2.52. The summed E-state index contributed by atoms with van der Waals surface area (Å²) >= 11 is 0. The van der Waals surface area contributed by atoms with Crippen molar-refractivity contribution in [3.05, 3.63) is 35.9 Å². The first-order valence-electron chi connectivity index (χ1n) is 7.23. The van der Waals surface area contributed by atoms with Crippen molar-refractivity contribution in [3.63, 3.8) is 0 Å². The Balaban J connectivity index is 2.90. The minimum absolute atomic E-state index is 0.0271. The summed E-state index contributed by atoms with van der Waals surface area (Å²) in [5.74, 6) is -0.253. The van der Waals surface area contributed by atoms with Gasteiger partial charge in [-0.15, -0.1) is 0 Å². The molecule has 0 amide bonds. The van der Waals surface area contributed by atoms with Gasteiger partial charge >= 0.3 is 5.97 Å². The van der Waals surface area contributed by atoms with Gasteiger partial charge in [-0.05, 0) is 17.9 Å². The third kappa shape index (κ3) is 4.83. The molecule has 4 heteroatoms. The minimum Gasteiger partial charge on any atom is -0.468 e. The minimum atomic E-state index is -0.390. The molecule has 0 radical (unpaired) electrons. The Hall–Kier alpha value is -1.39. The fourth-order valence-corrected chi connectivity index (χ4v) is 2.41. The molecular weight excluding hydrogens is 266 g/mol. The number of carbonyl (C=O) groups is 1. The molecule has 0 bridgehead atoms. The molecule has 118 valence electrons. The zero-order valence-corrected chi connectivity index (χ0v) is 13.8. The van der Waals surface area contributed by atoms with Gasteiger partial charge in [0.2, 0.25) is 0 Å². The maximum Gasteiger partial charge on any atom is 0.323 e. The van der Waals surface area contributed by atoms with Crippen LogP contribution in [0.1, 0.15) is 39.4 Å². The van der Waals surface area contributed by atoms with Crippen LogP contribution in [-0.4, -0.2) is 32.3 Å². The van der Waals surface area contributed by atoms with Crippen LogP contribution >= 0.6 is 0 Å². The quantitative estimate of drug-likeness (QED) is 0.819. The molecular formula is C17H27NO3. The van der Waals surface area contributed by atoms with E-state index >= 15 is 0 Å². The third-order valence-electron chi connectivity index (χ3n) is 3.57. The number of hydrogen-bond donors (Lipinski definition) is 1. The third-order valence-corrected chi connectivity index (χ3v) is 3.57. The van der Waals surface area contributed by atoms with Gasteiger partial charge in [0.15, 0.2) is 0 Å². The van der Waals surface area contributed by atoms with E-state index in [0.29, 0.717) is 0 Å². The molecule has 1 aromatic carbocycles. The second-order valence-corrected chi connectivity index (χ2v) is 6.34. The van der Waals surface area contributed by atoms with Crippen molar-refractivity contribution in [2.75, 3.05) is 14.2 Å². The number of hydrogen-bond acceptors (Lipinski definition) is 4. The fourth-order valence-electron chi connectivity index (χ4n) is 2.41. The molecule has 0 saturated carbocycles. The van der Waals surface area contributed by atoms with Gasteiger partial charge in [0.1, 0.15) is 6.04 Å². The van der Waals surface area contributed by atoms with E-state index in [4.69, 9.17) is 9.47 Å². The first-order chi connectivity index (χ1) is 9.81. The Labute approximate surface area is 127 Å². The number of carbonyl (C=O) groups excluding carboxylic acids is 1. The monoisotopic (exact) mass is 293 g/mol. The van der Waals surface area contributed by atoms with E-state index in [-0.39, 0.29) is 29.6 Å². The van der Waals surface area contributed by atoms with Crippen LogP contribution in [0.5, 0.6) is 0 Å². The zero-order valence-electron chi connectivity index (χ0n) is 13.8. The normalized spacial score (nSPS) is 16.1. The van der Waals surface area contributed by atoms with Gasteiger partial charge < -0.3 is 9.47 Å². The van der Waals surface area contributed by atoms with E-state index in [1.165, 1.54) is 7.11 Å². The molecule has 0 aliphatic heterocycles. The van der Waals surface area contributed by atoms with Gasteiger partial charge in [-0.25, -0.2) is 0 Å². The largest absolute Gasteiger partial charge is 0.468 e. The lowest BCUT2D eigenvalue weighted by molar-refractivity contribution is -0.146. The van der Waals surface area contributed by atoms with E-state index in [2.05, 4.69) is 5.32 Å². The van der Waals surface area contributed by atoms with Crippen LogP contribution in [0.25, 0.3) is 0 Å². The Kier molecular flexibility index (Phi) is 6.37.